The fourth-order valence-electron chi connectivity index (χ4n) is 4.28. The Kier molecular flexibility index (Phi) is 8.34. The average Bonchev–Trinajstić information content (AvgIpc) is 3.61. The van der Waals surface area contributed by atoms with Gasteiger partial charge in [0.1, 0.15) is 27.7 Å². The van der Waals surface area contributed by atoms with Crippen molar-refractivity contribution in [2.24, 2.45) is 5.10 Å². The van der Waals surface area contributed by atoms with Gasteiger partial charge in [0.15, 0.2) is 18.1 Å². The van der Waals surface area contributed by atoms with Gasteiger partial charge in [0, 0.05) is 22.8 Å². The highest BCUT2D eigenvalue weighted by atomic mass is 32.2. The first-order valence-corrected chi connectivity index (χ1v) is 13.6. The summed E-state index contributed by atoms with van der Waals surface area (Å²) in [7, 11) is 1.49. The monoisotopic (exact) mass is 574 g/mol. The number of hydrogen-bond donors (Lipinski definition) is 1. The first-order chi connectivity index (χ1) is 19.8. The maximum Gasteiger partial charge on any atom is 0.275 e. The molecule has 11 heteroatoms. The number of benzene rings is 3. The predicted octanol–water partition coefficient (Wildman–Crippen LogP) is 5.38. The first-order valence-electron chi connectivity index (χ1n) is 12.7. The Morgan fingerprint density at radius 1 is 1.07 bits per heavy atom. The molecule has 2 amide bonds. The van der Waals surface area contributed by atoms with Crippen molar-refractivity contribution < 1.29 is 28.0 Å². The molecule has 9 nitrogen and oxygen atoms in total. The summed E-state index contributed by atoms with van der Waals surface area (Å²) in [5.74, 6) is 0.326. The van der Waals surface area contributed by atoms with E-state index in [1.165, 1.54) is 36.0 Å². The standard InChI is InChI=1S/C30H27FN4O5S/c1-18-7-4-5-8-23(18)29(37)35-30(41-28(33-35)20-11-13-21(31)14-12-20)24-9-6-10-25(27(24)38-3)39-17-26(36)32-16-22-15-19(2)40-34-22/h4-15,30H,16-17H2,1-3H3,(H,32,36). The Hall–Kier alpha value is -4.64. The Balaban J connectivity index is 1.41. The minimum Gasteiger partial charge on any atom is -0.492 e. The van der Waals surface area contributed by atoms with Gasteiger partial charge in [-0.25, -0.2) is 9.40 Å². The molecule has 0 spiro atoms. The number of hydrogen-bond acceptors (Lipinski definition) is 8. The number of thioether (sulfide) groups is 1. The smallest absolute Gasteiger partial charge is 0.275 e. The van der Waals surface area contributed by atoms with Crippen LogP contribution in [0.5, 0.6) is 11.5 Å². The summed E-state index contributed by atoms with van der Waals surface area (Å²) < 4.78 is 30.2. The topological polar surface area (TPSA) is 106 Å². The van der Waals surface area contributed by atoms with Crippen LogP contribution in [0.4, 0.5) is 4.39 Å². The van der Waals surface area contributed by atoms with Crippen LogP contribution in [0.25, 0.3) is 0 Å². The third-order valence-corrected chi connectivity index (χ3v) is 7.52. The van der Waals surface area contributed by atoms with E-state index in [0.29, 0.717) is 44.7 Å². The molecule has 1 aliphatic rings. The van der Waals surface area contributed by atoms with Crippen molar-refractivity contribution in [3.8, 4) is 11.5 Å². The molecule has 3 aromatic carbocycles. The van der Waals surface area contributed by atoms with E-state index >= 15 is 0 Å². The number of ether oxygens (including phenoxy) is 2. The summed E-state index contributed by atoms with van der Waals surface area (Å²) in [5.41, 5.74) is 3.21. The molecule has 1 aromatic heterocycles. The fourth-order valence-corrected chi connectivity index (χ4v) is 5.45. The van der Waals surface area contributed by atoms with Gasteiger partial charge in [-0.05, 0) is 55.8 Å². The predicted molar refractivity (Wildman–Crippen MR) is 152 cm³/mol. The summed E-state index contributed by atoms with van der Waals surface area (Å²) in [5, 5.41) is 12.6. The van der Waals surface area contributed by atoms with Gasteiger partial charge in [0.05, 0.1) is 13.7 Å². The lowest BCUT2D eigenvalue weighted by molar-refractivity contribution is -0.123. The number of carbonyl (C=O) groups is 2. The van der Waals surface area contributed by atoms with E-state index in [-0.39, 0.29) is 30.8 Å². The lowest BCUT2D eigenvalue weighted by Crippen LogP contribution is -2.29. The minimum absolute atomic E-state index is 0.203. The summed E-state index contributed by atoms with van der Waals surface area (Å²) in [6, 6.07) is 20.2. The van der Waals surface area contributed by atoms with Crippen LogP contribution in [0.2, 0.25) is 0 Å². The van der Waals surface area contributed by atoms with E-state index in [9.17, 15) is 14.0 Å². The zero-order chi connectivity index (χ0) is 28.9. The highest BCUT2D eigenvalue weighted by Crippen LogP contribution is 2.47. The molecular formula is C30H27FN4O5S. The van der Waals surface area contributed by atoms with Crippen LogP contribution in [0.1, 0.15) is 43.9 Å². The van der Waals surface area contributed by atoms with Gasteiger partial charge in [-0.15, -0.1) is 0 Å². The number of aryl methyl sites for hydroxylation is 2. The number of hydrazone groups is 1. The molecule has 0 aliphatic carbocycles. The maximum atomic E-state index is 13.8. The van der Waals surface area contributed by atoms with E-state index in [4.69, 9.17) is 14.0 Å². The molecule has 210 valence electrons. The van der Waals surface area contributed by atoms with Crippen molar-refractivity contribution in [2.75, 3.05) is 13.7 Å². The Morgan fingerprint density at radius 2 is 1.85 bits per heavy atom. The number of nitrogens with zero attached hydrogens (tertiary/aromatic N) is 3. The minimum atomic E-state index is -0.620. The van der Waals surface area contributed by atoms with Crippen molar-refractivity contribution in [3.63, 3.8) is 0 Å². The molecule has 1 atom stereocenters. The molecule has 5 rings (SSSR count). The van der Waals surface area contributed by atoms with Crippen molar-refractivity contribution in [1.82, 2.24) is 15.5 Å². The van der Waals surface area contributed by atoms with E-state index in [2.05, 4.69) is 15.6 Å². The number of carbonyl (C=O) groups excluding carboxylic acids is 2. The van der Waals surface area contributed by atoms with Crippen molar-refractivity contribution in [3.05, 3.63) is 112 Å². The van der Waals surface area contributed by atoms with Crippen molar-refractivity contribution in [1.29, 1.82) is 0 Å². The molecule has 1 unspecified atom stereocenters. The SMILES string of the molecule is COc1c(OCC(=O)NCc2cc(C)on2)cccc1C1SC(c2ccc(F)cc2)=NN1C(=O)c1ccccc1C. The maximum absolute atomic E-state index is 13.8. The molecule has 1 N–H and O–H groups in total. The highest BCUT2D eigenvalue weighted by Gasteiger charge is 2.37. The van der Waals surface area contributed by atoms with Crippen molar-refractivity contribution in [2.45, 2.75) is 25.8 Å². The van der Waals surface area contributed by atoms with E-state index < -0.39 is 5.37 Å². The summed E-state index contributed by atoms with van der Waals surface area (Å²) in [6.07, 6.45) is 0. The zero-order valence-electron chi connectivity index (χ0n) is 22.6. The van der Waals surface area contributed by atoms with E-state index in [1.807, 2.05) is 25.1 Å². The van der Waals surface area contributed by atoms with Gasteiger partial charge in [-0.2, -0.15) is 5.10 Å². The molecule has 2 heterocycles. The molecule has 0 fully saturated rings. The largest absolute Gasteiger partial charge is 0.492 e. The summed E-state index contributed by atoms with van der Waals surface area (Å²) >= 11 is 1.33. The van der Waals surface area contributed by atoms with Crippen LogP contribution in [-0.2, 0) is 11.3 Å². The number of methoxy groups -OCH3 is 1. The number of amides is 2. The van der Waals surface area contributed by atoms with E-state index in [1.54, 1.807) is 49.4 Å². The normalized spacial score (nSPS) is 14.5. The molecule has 0 bridgehead atoms. The second-order valence-corrected chi connectivity index (χ2v) is 10.3. The van der Waals surface area contributed by atoms with Gasteiger partial charge in [-0.3, -0.25) is 9.59 Å². The number of aromatic nitrogens is 1. The third kappa shape index (κ3) is 6.25. The van der Waals surface area contributed by atoms with Crippen LogP contribution >= 0.6 is 11.8 Å². The third-order valence-electron chi connectivity index (χ3n) is 6.30. The van der Waals surface area contributed by atoms with Gasteiger partial charge < -0.3 is 19.3 Å². The molecule has 0 saturated heterocycles. The molecule has 0 radical (unpaired) electrons. The summed E-state index contributed by atoms with van der Waals surface area (Å²) in [6.45, 7) is 3.57. The molecule has 1 aliphatic heterocycles. The molecular weight excluding hydrogens is 547 g/mol. The quantitative estimate of drug-likeness (QED) is 0.286. The second-order valence-electron chi connectivity index (χ2n) is 9.22. The average molecular weight is 575 g/mol. The number of rotatable bonds is 9. The van der Waals surface area contributed by atoms with Crippen LogP contribution < -0.4 is 14.8 Å². The van der Waals surface area contributed by atoms with Gasteiger partial charge >= 0.3 is 0 Å². The summed E-state index contributed by atoms with van der Waals surface area (Å²) in [4.78, 5) is 26.2. The van der Waals surface area contributed by atoms with Crippen LogP contribution in [-0.4, -0.2) is 40.7 Å². The van der Waals surface area contributed by atoms with Gasteiger partial charge in [0.25, 0.3) is 11.8 Å². The number of nitrogens with one attached hydrogen (secondary N) is 1. The highest BCUT2D eigenvalue weighted by molar-refractivity contribution is 8.14. The van der Waals surface area contributed by atoms with Crippen LogP contribution in [0.3, 0.4) is 0 Å². The number of para-hydroxylation sites is 1. The Bertz CT molecular complexity index is 1600. The lowest BCUT2D eigenvalue weighted by Gasteiger charge is -2.24. The molecule has 41 heavy (non-hydrogen) atoms. The number of halogens is 1. The second kappa shape index (κ2) is 12.3. The lowest BCUT2D eigenvalue weighted by atomic mass is 10.1. The van der Waals surface area contributed by atoms with Gasteiger partial charge in [-0.1, -0.05) is 47.3 Å². The first kappa shape index (κ1) is 27.9. The van der Waals surface area contributed by atoms with Crippen LogP contribution in [0.15, 0.2) is 82.4 Å². The Morgan fingerprint density at radius 3 is 2.56 bits per heavy atom. The Labute approximate surface area is 240 Å². The van der Waals surface area contributed by atoms with E-state index in [0.717, 1.165) is 5.56 Å². The van der Waals surface area contributed by atoms with Crippen LogP contribution in [0, 0.1) is 19.7 Å². The zero-order valence-corrected chi connectivity index (χ0v) is 23.4. The van der Waals surface area contributed by atoms with Crippen molar-refractivity contribution >= 4 is 28.6 Å². The molecule has 4 aromatic rings. The molecule has 0 saturated carbocycles. The van der Waals surface area contributed by atoms with Gasteiger partial charge in [0.2, 0.25) is 0 Å². The fraction of sp³-hybridized carbons (Fsp3) is 0.200.